The van der Waals surface area contributed by atoms with Crippen molar-refractivity contribution >= 4 is 23.2 Å². The summed E-state index contributed by atoms with van der Waals surface area (Å²) in [5.74, 6) is -0.271. The first-order valence-electron chi connectivity index (χ1n) is 6.18. The zero-order chi connectivity index (χ0) is 14.4. The van der Waals surface area contributed by atoms with Crippen molar-refractivity contribution < 1.29 is 14.0 Å². The molecule has 0 unspecified atom stereocenters. The van der Waals surface area contributed by atoms with Crippen LogP contribution in [0.3, 0.4) is 0 Å². The molecule has 1 aromatic heterocycles. The predicted molar refractivity (Wildman–Crippen MR) is 74.2 cm³/mol. The highest BCUT2D eigenvalue weighted by Crippen LogP contribution is 2.15. The molecule has 0 aliphatic heterocycles. The van der Waals surface area contributed by atoms with Gasteiger partial charge in [0.15, 0.2) is 6.39 Å². The highest BCUT2D eigenvalue weighted by Gasteiger charge is 2.05. The van der Waals surface area contributed by atoms with Crippen molar-refractivity contribution in [3.63, 3.8) is 0 Å². The molecule has 2 amide bonds. The van der Waals surface area contributed by atoms with Gasteiger partial charge in [0.25, 0.3) is 0 Å². The van der Waals surface area contributed by atoms with Gasteiger partial charge < -0.3 is 15.1 Å². The predicted octanol–water partition coefficient (Wildman–Crippen LogP) is 2.20. The molecule has 2 rings (SSSR count). The van der Waals surface area contributed by atoms with Crippen LogP contribution >= 0.6 is 0 Å². The first kappa shape index (κ1) is 13.8. The Morgan fingerprint density at radius 1 is 1.25 bits per heavy atom. The molecule has 0 aliphatic carbocycles. The van der Waals surface area contributed by atoms with Gasteiger partial charge in [0.2, 0.25) is 11.8 Å². The van der Waals surface area contributed by atoms with E-state index in [1.165, 1.54) is 19.6 Å². The van der Waals surface area contributed by atoms with Crippen molar-refractivity contribution in [2.24, 2.45) is 0 Å². The number of aryl methyl sites for hydroxylation is 1. The maximum atomic E-state index is 11.8. The molecule has 1 heterocycles. The molecule has 0 atom stereocenters. The van der Waals surface area contributed by atoms with Crippen LogP contribution in [0.5, 0.6) is 0 Å². The van der Waals surface area contributed by atoms with Gasteiger partial charge in [0.05, 0.1) is 5.69 Å². The fourth-order valence-electron chi connectivity index (χ4n) is 1.70. The smallest absolute Gasteiger partial charge is 0.224 e. The first-order valence-corrected chi connectivity index (χ1v) is 6.18. The van der Waals surface area contributed by atoms with Crippen LogP contribution in [0.1, 0.15) is 19.0 Å². The number of hydrogen-bond donors (Lipinski definition) is 2. The van der Waals surface area contributed by atoms with E-state index in [0.29, 0.717) is 24.2 Å². The number of anilines is 2. The molecule has 0 aliphatic rings. The molecule has 104 valence electrons. The zero-order valence-corrected chi connectivity index (χ0v) is 11.1. The molecule has 6 heteroatoms. The quantitative estimate of drug-likeness (QED) is 0.874. The Kier molecular flexibility index (Phi) is 4.49. The topological polar surface area (TPSA) is 84.2 Å². The summed E-state index contributed by atoms with van der Waals surface area (Å²) >= 11 is 0. The average Bonchev–Trinajstić information content (AvgIpc) is 2.89. The van der Waals surface area contributed by atoms with Crippen molar-refractivity contribution in [2.75, 3.05) is 10.6 Å². The highest BCUT2D eigenvalue weighted by molar-refractivity contribution is 5.93. The molecule has 0 spiro atoms. The number of nitrogens with one attached hydrogen (secondary N) is 2. The summed E-state index contributed by atoms with van der Waals surface area (Å²) in [4.78, 5) is 26.7. The lowest BCUT2D eigenvalue weighted by Gasteiger charge is -2.07. The molecule has 0 saturated carbocycles. The van der Waals surface area contributed by atoms with Crippen molar-refractivity contribution in [1.29, 1.82) is 0 Å². The van der Waals surface area contributed by atoms with Crippen molar-refractivity contribution in [1.82, 2.24) is 4.98 Å². The van der Waals surface area contributed by atoms with Gasteiger partial charge in [0.1, 0.15) is 6.26 Å². The minimum absolute atomic E-state index is 0.118. The lowest BCUT2D eigenvalue weighted by molar-refractivity contribution is -0.116. The minimum atomic E-state index is -0.153. The van der Waals surface area contributed by atoms with Crippen LogP contribution in [0, 0.1) is 0 Å². The lowest BCUT2D eigenvalue weighted by Crippen LogP contribution is -2.13. The summed E-state index contributed by atoms with van der Waals surface area (Å²) < 4.78 is 4.83. The fraction of sp³-hybridized carbons (Fsp3) is 0.214. The van der Waals surface area contributed by atoms with Gasteiger partial charge in [-0.3, -0.25) is 9.59 Å². The Morgan fingerprint density at radius 2 is 2.00 bits per heavy atom. The minimum Gasteiger partial charge on any atom is -0.451 e. The van der Waals surface area contributed by atoms with E-state index in [1.807, 2.05) is 0 Å². The van der Waals surface area contributed by atoms with Crippen LogP contribution in [-0.4, -0.2) is 16.8 Å². The third kappa shape index (κ3) is 4.24. The van der Waals surface area contributed by atoms with E-state index in [0.717, 1.165) is 5.69 Å². The number of hydrogen-bond acceptors (Lipinski definition) is 4. The Balaban J connectivity index is 1.88. The summed E-state index contributed by atoms with van der Waals surface area (Å²) in [5.41, 5.74) is 2.03. The SMILES string of the molecule is CC(=O)Nc1cccc(NC(=O)CCc2cocn2)c1. The number of rotatable bonds is 5. The van der Waals surface area contributed by atoms with Crippen molar-refractivity contribution in [2.45, 2.75) is 19.8 Å². The number of carbonyl (C=O) groups is 2. The largest absolute Gasteiger partial charge is 0.451 e. The van der Waals surface area contributed by atoms with Gasteiger partial charge in [-0.25, -0.2) is 4.98 Å². The molecule has 0 bridgehead atoms. The summed E-state index contributed by atoms with van der Waals surface area (Å²) in [5, 5.41) is 5.43. The van der Waals surface area contributed by atoms with E-state index in [1.54, 1.807) is 24.3 Å². The van der Waals surface area contributed by atoms with E-state index >= 15 is 0 Å². The van der Waals surface area contributed by atoms with Gasteiger partial charge in [-0.05, 0) is 18.2 Å². The fourth-order valence-corrected chi connectivity index (χ4v) is 1.70. The lowest BCUT2D eigenvalue weighted by atomic mass is 10.2. The molecule has 0 fully saturated rings. The Hall–Kier alpha value is -2.63. The van der Waals surface area contributed by atoms with Gasteiger partial charge >= 0.3 is 0 Å². The van der Waals surface area contributed by atoms with Gasteiger partial charge in [-0.1, -0.05) is 6.07 Å². The summed E-state index contributed by atoms with van der Waals surface area (Å²) in [6.07, 6.45) is 3.69. The van der Waals surface area contributed by atoms with Crippen LogP contribution in [0.2, 0.25) is 0 Å². The average molecular weight is 273 g/mol. The Bertz CT molecular complexity index is 593. The second-order valence-electron chi connectivity index (χ2n) is 4.29. The van der Waals surface area contributed by atoms with Crippen LogP contribution in [0.25, 0.3) is 0 Å². The summed E-state index contributed by atoms with van der Waals surface area (Å²) in [6.45, 7) is 1.43. The molecule has 1 aromatic carbocycles. The van der Waals surface area contributed by atoms with Crippen molar-refractivity contribution in [3.8, 4) is 0 Å². The van der Waals surface area contributed by atoms with E-state index in [2.05, 4.69) is 15.6 Å². The van der Waals surface area contributed by atoms with Crippen LogP contribution < -0.4 is 10.6 Å². The number of oxazole rings is 1. The number of benzene rings is 1. The van der Waals surface area contributed by atoms with Gasteiger partial charge in [0, 0.05) is 31.1 Å². The second kappa shape index (κ2) is 6.51. The van der Waals surface area contributed by atoms with E-state index in [4.69, 9.17) is 4.42 Å². The summed E-state index contributed by atoms with van der Waals surface area (Å²) in [7, 11) is 0. The molecule has 2 aromatic rings. The number of carbonyl (C=O) groups excluding carboxylic acids is 2. The first-order chi connectivity index (χ1) is 9.63. The van der Waals surface area contributed by atoms with Gasteiger partial charge in [-0.15, -0.1) is 0 Å². The molecule has 6 nitrogen and oxygen atoms in total. The Morgan fingerprint density at radius 3 is 2.65 bits per heavy atom. The number of aromatic nitrogens is 1. The molecule has 2 N–H and O–H groups in total. The molecule has 0 radical (unpaired) electrons. The summed E-state index contributed by atoms with van der Waals surface area (Å²) in [6, 6.07) is 6.99. The molecule has 20 heavy (non-hydrogen) atoms. The molecular weight excluding hydrogens is 258 g/mol. The molecule has 0 saturated heterocycles. The number of amides is 2. The molecular formula is C14H15N3O3. The van der Waals surface area contributed by atoms with Crippen LogP contribution in [0.15, 0.2) is 41.3 Å². The monoisotopic (exact) mass is 273 g/mol. The van der Waals surface area contributed by atoms with Gasteiger partial charge in [-0.2, -0.15) is 0 Å². The normalized spacial score (nSPS) is 10.1. The number of nitrogens with zero attached hydrogens (tertiary/aromatic N) is 1. The van der Waals surface area contributed by atoms with Crippen LogP contribution in [-0.2, 0) is 16.0 Å². The second-order valence-corrected chi connectivity index (χ2v) is 4.29. The highest BCUT2D eigenvalue weighted by atomic mass is 16.3. The maximum absolute atomic E-state index is 11.8. The van der Waals surface area contributed by atoms with E-state index < -0.39 is 0 Å². The standard InChI is InChI=1S/C14H15N3O3/c1-10(18)16-11-3-2-4-12(7-11)17-14(19)6-5-13-8-20-9-15-13/h2-4,7-9H,5-6H2,1H3,(H,16,18)(H,17,19). The maximum Gasteiger partial charge on any atom is 0.224 e. The van der Waals surface area contributed by atoms with Crippen molar-refractivity contribution in [3.05, 3.63) is 42.6 Å². The third-order valence-electron chi connectivity index (χ3n) is 2.56. The zero-order valence-electron chi connectivity index (χ0n) is 11.1. The Labute approximate surface area is 116 Å². The van der Waals surface area contributed by atoms with E-state index in [9.17, 15) is 9.59 Å². The van der Waals surface area contributed by atoms with Crippen LogP contribution in [0.4, 0.5) is 11.4 Å². The third-order valence-corrected chi connectivity index (χ3v) is 2.56. The van der Waals surface area contributed by atoms with E-state index in [-0.39, 0.29) is 11.8 Å².